The van der Waals surface area contributed by atoms with Gasteiger partial charge in [-0.2, -0.15) is 0 Å². The van der Waals surface area contributed by atoms with E-state index in [2.05, 4.69) is 15.0 Å². The molecule has 0 aliphatic carbocycles. The molecule has 1 aromatic carbocycles. The van der Waals surface area contributed by atoms with Crippen LogP contribution in [0.3, 0.4) is 0 Å². The lowest BCUT2D eigenvalue weighted by atomic mass is 10.2. The number of aromatic nitrogens is 1. The minimum atomic E-state index is -4.70. The average molecular weight is 298 g/mol. The summed E-state index contributed by atoms with van der Waals surface area (Å²) in [7, 11) is 1.82. The van der Waals surface area contributed by atoms with Gasteiger partial charge in [-0.1, -0.05) is 0 Å². The van der Waals surface area contributed by atoms with Crippen LogP contribution in [0.1, 0.15) is 5.56 Å². The molecule has 0 aliphatic heterocycles. The Hall–Kier alpha value is -2.28. The first-order valence-electron chi connectivity index (χ1n) is 6.09. The van der Waals surface area contributed by atoms with Gasteiger partial charge in [0.2, 0.25) is 5.88 Å². The minimum absolute atomic E-state index is 0.299. The van der Waals surface area contributed by atoms with Gasteiger partial charge in [0.1, 0.15) is 11.5 Å². The molecule has 0 atom stereocenters. The van der Waals surface area contributed by atoms with Crippen molar-refractivity contribution in [3.05, 3.63) is 48.2 Å². The highest BCUT2D eigenvalue weighted by atomic mass is 19.4. The second kappa shape index (κ2) is 6.45. The zero-order valence-corrected chi connectivity index (χ0v) is 11.1. The van der Waals surface area contributed by atoms with Gasteiger partial charge in [0.15, 0.2) is 0 Å². The Kier molecular flexibility index (Phi) is 4.64. The maximum absolute atomic E-state index is 12.0. The van der Waals surface area contributed by atoms with E-state index in [-0.39, 0.29) is 5.75 Å². The zero-order chi connectivity index (χ0) is 15.3. The zero-order valence-electron chi connectivity index (χ0n) is 11.1. The summed E-state index contributed by atoms with van der Waals surface area (Å²) in [6.45, 7) is 0.664. The van der Waals surface area contributed by atoms with Crippen LogP contribution in [0.15, 0.2) is 42.6 Å². The molecule has 21 heavy (non-hydrogen) atoms. The van der Waals surface area contributed by atoms with E-state index in [1.807, 2.05) is 13.1 Å². The molecule has 2 aromatic rings. The number of nitrogens with zero attached hydrogens (tertiary/aromatic N) is 1. The van der Waals surface area contributed by atoms with Crippen molar-refractivity contribution < 1.29 is 22.6 Å². The monoisotopic (exact) mass is 298 g/mol. The van der Waals surface area contributed by atoms with Crippen LogP contribution in [0.2, 0.25) is 0 Å². The summed E-state index contributed by atoms with van der Waals surface area (Å²) in [5.41, 5.74) is 0.986. The fraction of sp³-hybridized carbons (Fsp3) is 0.214. The molecule has 4 nitrogen and oxygen atoms in total. The number of halogens is 3. The number of hydrogen-bond donors (Lipinski definition) is 1. The van der Waals surface area contributed by atoms with Crippen molar-refractivity contribution in [3.63, 3.8) is 0 Å². The maximum atomic E-state index is 12.0. The molecule has 0 saturated carbocycles. The van der Waals surface area contributed by atoms with Gasteiger partial charge in [-0.05, 0) is 42.9 Å². The molecule has 0 aliphatic rings. The highest BCUT2D eigenvalue weighted by Crippen LogP contribution is 2.26. The van der Waals surface area contributed by atoms with Gasteiger partial charge < -0.3 is 14.8 Å². The molecule has 0 bridgehead atoms. The number of rotatable bonds is 5. The van der Waals surface area contributed by atoms with Crippen LogP contribution < -0.4 is 14.8 Å². The van der Waals surface area contributed by atoms with Crippen molar-refractivity contribution in [3.8, 4) is 17.4 Å². The van der Waals surface area contributed by atoms with Crippen molar-refractivity contribution in [1.29, 1.82) is 0 Å². The highest BCUT2D eigenvalue weighted by molar-refractivity contribution is 5.34. The van der Waals surface area contributed by atoms with Gasteiger partial charge in [0.05, 0.1) is 0 Å². The van der Waals surface area contributed by atoms with E-state index in [1.54, 1.807) is 12.3 Å². The first-order valence-corrected chi connectivity index (χ1v) is 6.09. The number of benzene rings is 1. The number of nitrogens with one attached hydrogen (secondary N) is 1. The molecule has 1 aromatic heterocycles. The van der Waals surface area contributed by atoms with E-state index >= 15 is 0 Å². The van der Waals surface area contributed by atoms with E-state index in [0.717, 1.165) is 5.56 Å². The Bertz CT molecular complexity index is 586. The van der Waals surface area contributed by atoms with Crippen molar-refractivity contribution in [2.75, 3.05) is 7.05 Å². The van der Waals surface area contributed by atoms with E-state index in [0.29, 0.717) is 18.2 Å². The summed E-state index contributed by atoms with van der Waals surface area (Å²) in [6.07, 6.45) is -3.10. The summed E-state index contributed by atoms with van der Waals surface area (Å²) in [6, 6.07) is 8.71. The molecular formula is C14H13F3N2O2. The lowest BCUT2D eigenvalue weighted by molar-refractivity contribution is -0.274. The minimum Gasteiger partial charge on any atom is -0.439 e. The molecule has 7 heteroatoms. The first-order chi connectivity index (χ1) is 9.96. The quantitative estimate of drug-likeness (QED) is 0.917. The van der Waals surface area contributed by atoms with E-state index in [9.17, 15) is 13.2 Å². The van der Waals surface area contributed by atoms with Gasteiger partial charge in [0, 0.05) is 18.8 Å². The Balaban J connectivity index is 2.04. The second-order valence-corrected chi connectivity index (χ2v) is 4.15. The molecule has 112 valence electrons. The molecule has 0 spiro atoms. The van der Waals surface area contributed by atoms with Crippen LogP contribution in [-0.2, 0) is 6.54 Å². The standard InChI is InChI=1S/C14H13F3N2O2/c1-18-9-10-6-7-19-13(8-10)20-11-2-4-12(5-3-11)21-14(15,16)17/h2-8,18H,9H2,1H3. The number of hydrogen-bond acceptors (Lipinski definition) is 4. The smallest absolute Gasteiger partial charge is 0.439 e. The Morgan fingerprint density at radius 3 is 2.38 bits per heavy atom. The predicted octanol–water partition coefficient (Wildman–Crippen LogP) is 3.49. The summed E-state index contributed by atoms with van der Waals surface area (Å²) >= 11 is 0. The lowest BCUT2D eigenvalue weighted by Crippen LogP contribution is -2.16. The molecule has 2 rings (SSSR count). The van der Waals surface area contributed by atoms with Crippen LogP contribution in [0.4, 0.5) is 13.2 Å². The van der Waals surface area contributed by atoms with E-state index in [4.69, 9.17) is 4.74 Å². The predicted molar refractivity (Wildman–Crippen MR) is 70.2 cm³/mol. The number of alkyl halides is 3. The Morgan fingerprint density at radius 2 is 1.76 bits per heavy atom. The lowest BCUT2D eigenvalue weighted by Gasteiger charge is -2.10. The van der Waals surface area contributed by atoms with Crippen LogP contribution >= 0.6 is 0 Å². The summed E-state index contributed by atoms with van der Waals surface area (Å²) in [5, 5.41) is 3.00. The largest absolute Gasteiger partial charge is 0.573 e. The van der Waals surface area contributed by atoms with Gasteiger partial charge >= 0.3 is 6.36 Å². The molecule has 1 heterocycles. The third-order valence-corrected chi connectivity index (χ3v) is 2.46. The van der Waals surface area contributed by atoms with Gasteiger partial charge in [0.25, 0.3) is 0 Å². The fourth-order valence-corrected chi connectivity index (χ4v) is 1.65. The molecule has 0 radical (unpaired) electrons. The van der Waals surface area contributed by atoms with Crippen molar-refractivity contribution in [2.24, 2.45) is 0 Å². The van der Waals surface area contributed by atoms with Gasteiger partial charge in [-0.25, -0.2) is 4.98 Å². The number of ether oxygens (including phenoxy) is 2. The summed E-state index contributed by atoms with van der Waals surface area (Å²) in [4.78, 5) is 4.04. The fourth-order valence-electron chi connectivity index (χ4n) is 1.65. The van der Waals surface area contributed by atoms with Gasteiger partial charge in [-0.3, -0.25) is 0 Å². The summed E-state index contributed by atoms with van der Waals surface area (Å²) in [5.74, 6) is 0.442. The maximum Gasteiger partial charge on any atom is 0.573 e. The van der Waals surface area contributed by atoms with Crippen LogP contribution in [0.25, 0.3) is 0 Å². The average Bonchev–Trinajstić information content (AvgIpc) is 2.40. The van der Waals surface area contributed by atoms with Gasteiger partial charge in [-0.15, -0.1) is 13.2 Å². The molecule has 0 amide bonds. The second-order valence-electron chi connectivity index (χ2n) is 4.15. The number of pyridine rings is 1. The Labute approximate surface area is 119 Å². The van der Waals surface area contributed by atoms with Crippen molar-refractivity contribution in [1.82, 2.24) is 10.3 Å². The normalized spacial score (nSPS) is 11.2. The van der Waals surface area contributed by atoms with Crippen molar-refractivity contribution >= 4 is 0 Å². The van der Waals surface area contributed by atoms with Crippen LogP contribution in [0, 0.1) is 0 Å². The third-order valence-electron chi connectivity index (χ3n) is 2.46. The van der Waals surface area contributed by atoms with Crippen molar-refractivity contribution in [2.45, 2.75) is 12.9 Å². The van der Waals surface area contributed by atoms with Crippen LogP contribution in [0.5, 0.6) is 17.4 Å². The first kappa shape index (κ1) is 15.1. The third kappa shape index (κ3) is 4.96. The molecular weight excluding hydrogens is 285 g/mol. The SMILES string of the molecule is CNCc1ccnc(Oc2ccc(OC(F)(F)F)cc2)c1. The molecule has 0 unspecified atom stereocenters. The van der Waals surface area contributed by atoms with E-state index in [1.165, 1.54) is 24.3 Å². The molecule has 0 fully saturated rings. The summed E-state index contributed by atoms with van der Waals surface area (Å²) < 4.78 is 45.4. The Morgan fingerprint density at radius 1 is 1.10 bits per heavy atom. The topological polar surface area (TPSA) is 43.4 Å². The molecule has 1 N–H and O–H groups in total. The van der Waals surface area contributed by atoms with Crippen LogP contribution in [-0.4, -0.2) is 18.4 Å². The molecule has 0 saturated heterocycles. The van der Waals surface area contributed by atoms with E-state index < -0.39 is 6.36 Å². The highest BCUT2D eigenvalue weighted by Gasteiger charge is 2.30.